The molecule has 0 saturated carbocycles. The lowest BCUT2D eigenvalue weighted by molar-refractivity contribution is -0.151. The standard InChI is InChI=1S/C28H35NO8S/c1-7-35-21-14-18(9-10-20(21)37-17(5)30)24-23(28(33)36-11-12-38-8-2)16(4)29-19-13-15(3)22(27(32)34-6)26(31)25(19)24/h9-10,14-15,22,24,29H,7-8,11-13H2,1-6H3/t15-,22+,24-/m1/s1. The van der Waals surface area contributed by atoms with Crippen molar-refractivity contribution in [2.75, 3.05) is 31.8 Å². The highest BCUT2D eigenvalue weighted by Gasteiger charge is 2.47. The lowest BCUT2D eigenvalue weighted by Gasteiger charge is -2.38. The molecule has 0 radical (unpaired) electrons. The molecule has 0 amide bonds. The summed E-state index contributed by atoms with van der Waals surface area (Å²) in [5.41, 5.74) is 2.39. The van der Waals surface area contributed by atoms with Gasteiger partial charge in [-0.2, -0.15) is 11.8 Å². The van der Waals surface area contributed by atoms with Crippen LogP contribution in [0.25, 0.3) is 0 Å². The molecule has 10 heteroatoms. The smallest absolute Gasteiger partial charge is 0.336 e. The SMILES string of the molecule is CCOc1cc([C@@H]2C(C(=O)OCCSCC)=C(C)NC3=C2C(=O)[C@@H](C(=O)OC)[C@H](C)C3)ccc1OC(C)=O. The maximum Gasteiger partial charge on any atom is 0.336 e. The lowest BCUT2D eigenvalue weighted by atomic mass is 9.69. The minimum Gasteiger partial charge on any atom is -0.490 e. The second-order valence-electron chi connectivity index (χ2n) is 9.10. The third kappa shape index (κ3) is 6.23. The number of allylic oxidation sites excluding steroid dienone is 3. The van der Waals surface area contributed by atoms with Crippen molar-refractivity contribution in [2.45, 2.75) is 47.0 Å². The van der Waals surface area contributed by atoms with E-state index in [4.69, 9.17) is 18.9 Å². The van der Waals surface area contributed by atoms with Crippen LogP contribution >= 0.6 is 11.8 Å². The van der Waals surface area contributed by atoms with E-state index in [1.165, 1.54) is 14.0 Å². The average molecular weight is 546 g/mol. The zero-order chi connectivity index (χ0) is 28.0. The number of thioether (sulfide) groups is 1. The molecule has 0 bridgehead atoms. The molecule has 1 aromatic rings. The highest BCUT2D eigenvalue weighted by molar-refractivity contribution is 7.99. The van der Waals surface area contributed by atoms with Gasteiger partial charge in [-0.05, 0) is 49.6 Å². The van der Waals surface area contributed by atoms with Gasteiger partial charge in [0.15, 0.2) is 17.3 Å². The number of benzene rings is 1. The highest BCUT2D eigenvalue weighted by Crippen LogP contribution is 2.47. The van der Waals surface area contributed by atoms with Gasteiger partial charge >= 0.3 is 17.9 Å². The van der Waals surface area contributed by atoms with Crippen molar-refractivity contribution in [1.82, 2.24) is 5.32 Å². The van der Waals surface area contributed by atoms with Crippen molar-refractivity contribution in [3.05, 3.63) is 46.3 Å². The summed E-state index contributed by atoms with van der Waals surface area (Å²) in [6, 6.07) is 4.93. The molecule has 3 atom stereocenters. The number of hydrogen-bond acceptors (Lipinski definition) is 10. The number of nitrogens with one attached hydrogen (secondary N) is 1. The minimum absolute atomic E-state index is 0.220. The first-order chi connectivity index (χ1) is 18.1. The van der Waals surface area contributed by atoms with Crippen molar-refractivity contribution >= 4 is 35.5 Å². The first kappa shape index (κ1) is 29.3. The first-order valence-electron chi connectivity index (χ1n) is 12.7. The molecule has 206 valence electrons. The van der Waals surface area contributed by atoms with E-state index in [2.05, 4.69) is 5.32 Å². The molecular weight excluding hydrogens is 510 g/mol. The van der Waals surface area contributed by atoms with Crippen LogP contribution in [0.5, 0.6) is 11.5 Å². The fraction of sp³-hybridized carbons (Fsp3) is 0.500. The molecule has 1 heterocycles. The van der Waals surface area contributed by atoms with Gasteiger partial charge < -0.3 is 24.3 Å². The molecule has 0 spiro atoms. The van der Waals surface area contributed by atoms with E-state index in [0.29, 0.717) is 47.1 Å². The van der Waals surface area contributed by atoms with Crippen molar-refractivity contribution < 1.29 is 38.1 Å². The molecule has 0 aromatic heterocycles. The van der Waals surface area contributed by atoms with E-state index in [0.717, 1.165) is 5.75 Å². The summed E-state index contributed by atoms with van der Waals surface area (Å²) in [5.74, 6) is -2.11. The molecule has 1 aromatic carbocycles. The quantitative estimate of drug-likeness (QED) is 0.201. The van der Waals surface area contributed by atoms with Crippen LogP contribution in [0.2, 0.25) is 0 Å². The molecule has 9 nitrogen and oxygen atoms in total. The van der Waals surface area contributed by atoms with E-state index >= 15 is 0 Å². The summed E-state index contributed by atoms with van der Waals surface area (Å²) >= 11 is 1.65. The van der Waals surface area contributed by atoms with E-state index in [1.54, 1.807) is 43.8 Å². The summed E-state index contributed by atoms with van der Waals surface area (Å²) in [5, 5.41) is 3.25. The Hall–Kier alpha value is -3.27. The molecule has 0 fully saturated rings. The molecular formula is C28H35NO8S. The van der Waals surface area contributed by atoms with Gasteiger partial charge in [0.05, 0.1) is 19.3 Å². The molecule has 3 rings (SSSR count). The monoisotopic (exact) mass is 545 g/mol. The molecule has 1 aliphatic carbocycles. The van der Waals surface area contributed by atoms with Crippen LogP contribution < -0.4 is 14.8 Å². The highest BCUT2D eigenvalue weighted by atomic mass is 32.2. The van der Waals surface area contributed by atoms with Crippen LogP contribution in [0.1, 0.15) is 52.5 Å². The number of carbonyl (C=O) groups is 4. The Morgan fingerprint density at radius 3 is 2.53 bits per heavy atom. The summed E-state index contributed by atoms with van der Waals surface area (Å²) in [6.07, 6.45) is 0.425. The topological polar surface area (TPSA) is 117 Å². The first-order valence-corrected chi connectivity index (χ1v) is 13.8. The van der Waals surface area contributed by atoms with Crippen molar-refractivity contribution in [2.24, 2.45) is 11.8 Å². The predicted molar refractivity (Wildman–Crippen MR) is 143 cm³/mol. The fourth-order valence-electron chi connectivity index (χ4n) is 4.91. The second kappa shape index (κ2) is 13.0. The number of Topliss-reactive ketones (excluding diaryl/α,β-unsaturated/α-hetero) is 1. The number of esters is 3. The van der Waals surface area contributed by atoms with Crippen LogP contribution in [0.4, 0.5) is 0 Å². The van der Waals surface area contributed by atoms with Gasteiger partial charge in [0, 0.05) is 35.6 Å². The number of carbonyl (C=O) groups excluding carboxylic acids is 4. The van der Waals surface area contributed by atoms with Gasteiger partial charge in [0.1, 0.15) is 12.5 Å². The van der Waals surface area contributed by atoms with Gasteiger partial charge in [-0.25, -0.2) is 4.79 Å². The number of rotatable bonds is 10. The zero-order valence-electron chi connectivity index (χ0n) is 22.7. The number of ketones is 1. The Balaban J connectivity index is 2.16. The Kier molecular flexibility index (Phi) is 10.0. The van der Waals surface area contributed by atoms with Crippen LogP contribution in [0.15, 0.2) is 40.7 Å². The molecule has 0 unspecified atom stereocenters. The van der Waals surface area contributed by atoms with E-state index in [1.807, 2.05) is 13.8 Å². The lowest BCUT2D eigenvalue weighted by Crippen LogP contribution is -2.43. The molecule has 0 saturated heterocycles. The van der Waals surface area contributed by atoms with Gasteiger partial charge in [-0.15, -0.1) is 0 Å². The third-order valence-electron chi connectivity index (χ3n) is 6.48. The number of methoxy groups -OCH3 is 1. The Labute approximate surface area is 227 Å². The van der Waals surface area contributed by atoms with Gasteiger partial charge in [-0.3, -0.25) is 14.4 Å². The van der Waals surface area contributed by atoms with Crippen LogP contribution in [-0.2, 0) is 28.7 Å². The minimum atomic E-state index is -0.994. The van der Waals surface area contributed by atoms with Crippen LogP contribution in [0, 0.1) is 11.8 Å². The normalized spacial score (nSPS) is 20.9. The Bertz CT molecular complexity index is 1170. The van der Waals surface area contributed by atoms with Crippen LogP contribution in [0.3, 0.4) is 0 Å². The Morgan fingerprint density at radius 2 is 1.89 bits per heavy atom. The molecule has 38 heavy (non-hydrogen) atoms. The third-order valence-corrected chi connectivity index (χ3v) is 7.35. The summed E-state index contributed by atoms with van der Waals surface area (Å²) < 4.78 is 21.6. The largest absolute Gasteiger partial charge is 0.490 e. The summed E-state index contributed by atoms with van der Waals surface area (Å²) in [6.45, 7) is 9.23. The van der Waals surface area contributed by atoms with E-state index in [9.17, 15) is 19.2 Å². The van der Waals surface area contributed by atoms with Gasteiger partial charge in [0.25, 0.3) is 0 Å². The maximum atomic E-state index is 13.9. The van der Waals surface area contributed by atoms with Crippen molar-refractivity contribution in [3.8, 4) is 11.5 Å². The van der Waals surface area contributed by atoms with E-state index in [-0.39, 0.29) is 23.8 Å². The Morgan fingerprint density at radius 1 is 1.16 bits per heavy atom. The average Bonchev–Trinajstić information content (AvgIpc) is 2.86. The predicted octanol–water partition coefficient (Wildman–Crippen LogP) is 3.92. The molecule has 1 N–H and O–H groups in total. The zero-order valence-corrected chi connectivity index (χ0v) is 23.5. The maximum absolute atomic E-state index is 13.9. The van der Waals surface area contributed by atoms with E-state index < -0.39 is 35.5 Å². The fourth-order valence-corrected chi connectivity index (χ4v) is 5.40. The van der Waals surface area contributed by atoms with Crippen molar-refractivity contribution in [1.29, 1.82) is 0 Å². The molecule has 1 aliphatic heterocycles. The van der Waals surface area contributed by atoms with Crippen molar-refractivity contribution in [3.63, 3.8) is 0 Å². The van der Waals surface area contributed by atoms with Gasteiger partial charge in [-0.1, -0.05) is 19.9 Å². The van der Waals surface area contributed by atoms with Crippen LogP contribution in [-0.4, -0.2) is 55.5 Å². The number of hydrogen-bond donors (Lipinski definition) is 1. The summed E-state index contributed by atoms with van der Waals surface area (Å²) in [4.78, 5) is 51.6. The summed E-state index contributed by atoms with van der Waals surface area (Å²) in [7, 11) is 1.26. The molecule has 2 aliphatic rings. The number of ether oxygens (including phenoxy) is 4. The second-order valence-corrected chi connectivity index (χ2v) is 10.5. The van der Waals surface area contributed by atoms with Gasteiger partial charge in [0.2, 0.25) is 0 Å². The number of dihydropyridines is 1.